The largest absolute Gasteiger partial charge is 1.00 e. The molecule has 0 amide bonds. The Hall–Kier alpha value is -2.50. The highest BCUT2D eigenvalue weighted by Crippen LogP contribution is 2.33. The number of aromatic hydroxyl groups is 1. The second kappa shape index (κ2) is 8.09. The summed E-state index contributed by atoms with van der Waals surface area (Å²) in [6.45, 7) is 7.49. The summed E-state index contributed by atoms with van der Waals surface area (Å²) >= 11 is 0. The third-order valence-corrected chi connectivity index (χ3v) is 6.04. The molecule has 2 heterocycles. The highest BCUT2D eigenvalue weighted by molar-refractivity contribution is 6.09. The number of methoxy groups -OCH3 is 1. The second-order valence-electron chi connectivity index (χ2n) is 7.88. The summed E-state index contributed by atoms with van der Waals surface area (Å²) < 4.78 is 5.28. The predicted octanol–water partition coefficient (Wildman–Crippen LogP) is -0.112. The molecule has 29 heavy (non-hydrogen) atoms. The third-order valence-electron chi connectivity index (χ3n) is 6.04. The minimum Gasteiger partial charge on any atom is -1.00 e. The minimum atomic E-state index is 0. The van der Waals surface area contributed by atoms with Crippen molar-refractivity contribution in [2.45, 2.75) is 33.2 Å². The number of aryl methyl sites for hydroxylation is 2. The molecule has 154 valence electrons. The number of hydrogen-bond acceptors (Lipinski definition) is 3. The van der Waals surface area contributed by atoms with Gasteiger partial charge in [-0.1, -0.05) is 12.1 Å². The Bertz CT molecular complexity index is 1070. The molecular formula is C23H27ClN2O3. The van der Waals surface area contributed by atoms with Gasteiger partial charge in [0.2, 0.25) is 5.78 Å². The Labute approximate surface area is 177 Å². The van der Waals surface area contributed by atoms with Gasteiger partial charge in [-0.2, -0.15) is 0 Å². The molecule has 0 aliphatic carbocycles. The third kappa shape index (κ3) is 3.72. The molecule has 5 nitrogen and oxygen atoms in total. The number of rotatable bonds is 4. The van der Waals surface area contributed by atoms with E-state index in [1.165, 1.54) is 10.5 Å². The molecule has 0 bridgehead atoms. The predicted molar refractivity (Wildman–Crippen MR) is 110 cm³/mol. The van der Waals surface area contributed by atoms with E-state index >= 15 is 0 Å². The van der Waals surface area contributed by atoms with Crippen molar-refractivity contribution in [1.82, 2.24) is 4.98 Å². The number of carbonyl (C=O) groups excluding carboxylic acids is 1. The first-order chi connectivity index (χ1) is 13.4. The number of benzene rings is 2. The number of Topliss-reactive ketones (excluding diaryl/α,β-unsaturated/α-hetero) is 1. The fourth-order valence-electron chi connectivity index (χ4n) is 4.48. The van der Waals surface area contributed by atoms with Crippen LogP contribution in [0.4, 0.5) is 0 Å². The van der Waals surface area contributed by atoms with E-state index in [0.717, 1.165) is 46.3 Å². The van der Waals surface area contributed by atoms with Crippen LogP contribution in [0.25, 0.3) is 10.9 Å². The van der Waals surface area contributed by atoms with Gasteiger partial charge in [-0.05, 0) is 50.1 Å². The Morgan fingerprint density at radius 3 is 2.76 bits per heavy atom. The first-order valence-corrected chi connectivity index (χ1v) is 9.75. The van der Waals surface area contributed by atoms with Crippen LogP contribution in [0.5, 0.6) is 11.5 Å². The summed E-state index contributed by atoms with van der Waals surface area (Å²) in [6.07, 6.45) is 0.839. The Balaban J connectivity index is 0.00000240. The van der Waals surface area contributed by atoms with Crippen LogP contribution in [-0.2, 0) is 6.42 Å². The molecule has 0 saturated heterocycles. The van der Waals surface area contributed by atoms with E-state index in [2.05, 4.69) is 31.0 Å². The molecule has 3 N–H and O–H groups in total. The second-order valence-corrected chi connectivity index (χ2v) is 7.88. The molecule has 3 aromatic rings. The number of halogens is 1. The highest BCUT2D eigenvalue weighted by atomic mass is 35.5. The number of nitrogens with one attached hydrogen (secondary N) is 2. The Morgan fingerprint density at radius 2 is 2.03 bits per heavy atom. The molecule has 0 radical (unpaired) electrons. The molecule has 1 aliphatic heterocycles. The van der Waals surface area contributed by atoms with Gasteiger partial charge in [0.15, 0.2) is 11.5 Å². The zero-order chi connectivity index (χ0) is 20.0. The summed E-state index contributed by atoms with van der Waals surface area (Å²) in [5, 5.41) is 11.1. The van der Waals surface area contributed by atoms with Crippen LogP contribution in [-0.4, -0.2) is 36.1 Å². The number of phenolic OH excluding ortho intramolecular Hbond substituents is 1. The number of ketones is 1. The van der Waals surface area contributed by atoms with Gasteiger partial charge in [-0.3, -0.25) is 4.79 Å². The number of phenols is 1. The van der Waals surface area contributed by atoms with E-state index in [-0.39, 0.29) is 30.0 Å². The number of aromatic amines is 1. The first-order valence-electron chi connectivity index (χ1n) is 9.75. The first kappa shape index (κ1) is 21.2. The van der Waals surface area contributed by atoms with Gasteiger partial charge in [-0.25, -0.2) is 0 Å². The summed E-state index contributed by atoms with van der Waals surface area (Å²) in [4.78, 5) is 17.8. The zero-order valence-electron chi connectivity index (χ0n) is 17.2. The summed E-state index contributed by atoms with van der Waals surface area (Å²) in [7, 11) is 1.56. The van der Waals surface area contributed by atoms with Crippen LogP contribution in [0, 0.1) is 13.8 Å². The van der Waals surface area contributed by atoms with Crippen molar-refractivity contribution >= 4 is 16.7 Å². The van der Waals surface area contributed by atoms with E-state index in [9.17, 15) is 9.90 Å². The van der Waals surface area contributed by atoms with Gasteiger partial charge in [0.25, 0.3) is 0 Å². The number of aromatic nitrogens is 1. The monoisotopic (exact) mass is 414 g/mol. The molecule has 2 aromatic carbocycles. The maximum atomic E-state index is 13.2. The van der Waals surface area contributed by atoms with Gasteiger partial charge >= 0.3 is 0 Å². The molecule has 1 aliphatic rings. The zero-order valence-corrected chi connectivity index (χ0v) is 18.0. The molecule has 0 spiro atoms. The standard InChI is InChI=1S/C23H26N2O3.ClH/c1-13-5-6-17-19(9-13)24-14(2)23(17)21(27)12-25-8-7-16-10-20(26)22(28-4)11-18(16)15(25)3;/h5-6,9-11,15,24,26H,7-8,12H2,1-4H3;1H/t15-;/m0./s1. The van der Waals surface area contributed by atoms with E-state index in [1.54, 1.807) is 13.2 Å². The molecule has 0 saturated carbocycles. The quantitative estimate of drug-likeness (QED) is 0.522. The van der Waals surface area contributed by atoms with Gasteiger partial charge in [0.05, 0.1) is 19.2 Å². The van der Waals surface area contributed by atoms with Crippen molar-refractivity contribution in [2.24, 2.45) is 0 Å². The lowest BCUT2D eigenvalue weighted by Gasteiger charge is -2.32. The van der Waals surface area contributed by atoms with Crippen molar-refractivity contribution in [2.75, 3.05) is 20.2 Å². The number of quaternary nitrogens is 1. The summed E-state index contributed by atoms with van der Waals surface area (Å²) in [6, 6.07) is 10.1. The molecule has 4 rings (SSSR count). The fraction of sp³-hybridized carbons (Fsp3) is 0.348. The van der Waals surface area contributed by atoms with Crippen LogP contribution >= 0.6 is 0 Å². The van der Waals surface area contributed by atoms with Crippen LogP contribution < -0.4 is 22.0 Å². The molecule has 2 atom stereocenters. The SMILES string of the molecule is COc1cc2c(cc1O)CC[NH+](CC(=O)c1c(C)[nH]c3cc(C)ccc13)[C@H]2C.[Cl-]. The van der Waals surface area contributed by atoms with Crippen molar-refractivity contribution in [3.8, 4) is 11.5 Å². The van der Waals surface area contributed by atoms with Crippen LogP contribution in [0.2, 0.25) is 0 Å². The summed E-state index contributed by atoms with van der Waals surface area (Å²) in [5.41, 5.74) is 6.23. The maximum Gasteiger partial charge on any atom is 0.219 e. The van der Waals surface area contributed by atoms with Crippen molar-refractivity contribution in [1.29, 1.82) is 0 Å². The number of fused-ring (bicyclic) bond motifs is 2. The minimum absolute atomic E-state index is 0. The average molecular weight is 415 g/mol. The van der Waals surface area contributed by atoms with Gasteiger partial charge in [-0.15, -0.1) is 0 Å². The fourth-order valence-corrected chi connectivity index (χ4v) is 4.48. The lowest BCUT2D eigenvalue weighted by atomic mass is 9.92. The van der Waals surface area contributed by atoms with E-state index in [0.29, 0.717) is 12.3 Å². The Morgan fingerprint density at radius 1 is 1.28 bits per heavy atom. The lowest BCUT2D eigenvalue weighted by Crippen LogP contribution is -3.13. The number of hydrogen-bond donors (Lipinski definition) is 3. The highest BCUT2D eigenvalue weighted by Gasteiger charge is 2.31. The molecule has 1 aromatic heterocycles. The topological polar surface area (TPSA) is 66.8 Å². The van der Waals surface area contributed by atoms with Crippen molar-refractivity contribution in [3.63, 3.8) is 0 Å². The van der Waals surface area contributed by atoms with Gasteiger partial charge < -0.3 is 32.1 Å². The van der Waals surface area contributed by atoms with E-state index in [4.69, 9.17) is 4.74 Å². The molecule has 0 fully saturated rings. The van der Waals surface area contributed by atoms with E-state index < -0.39 is 0 Å². The number of ether oxygens (including phenoxy) is 1. The van der Waals surface area contributed by atoms with Crippen LogP contribution in [0.1, 0.15) is 45.7 Å². The smallest absolute Gasteiger partial charge is 0.219 e. The van der Waals surface area contributed by atoms with Gasteiger partial charge in [0.1, 0.15) is 12.6 Å². The normalized spacial score (nSPS) is 18.2. The molecular weight excluding hydrogens is 388 g/mol. The molecule has 1 unspecified atom stereocenters. The van der Waals surface area contributed by atoms with Gasteiger partial charge in [0, 0.05) is 28.6 Å². The lowest BCUT2D eigenvalue weighted by molar-refractivity contribution is -0.923. The summed E-state index contributed by atoms with van der Waals surface area (Å²) in [5.74, 6) is 0.836. The number of H-pyrrole nitrogens is 1. The van der Waals surface area contributed by atoms with E-state index in [1.807, 2.05) is 19.1 Å². The van der Waals surface area contributed by atoms with Crippen molar-refractivity contribution < 1.29 is 31.9 Å². The molecule has 6 heteroatoms. The average Bonchev–Trinajstić information content (AvgIpc) is 2.98. The van der Waals surface area contributed by atoms with Crippen molar-refractivity contribution in [3.05, 3.63) is 58.3 Å². The number of carbonyl (C=O) groups is 1. The van der Waals surface area contributed by atoms with Crippen LogP contribution in [0.15, 0.2) is 30.3 Å². The Kier molecular flexibility index (Phi) is 5.92. The maximum absolute atomic E-state index is 13.2. The van der Waals surface area contributed by atoms with Crippen LogP contribution in [0.3, 0.4) is 0 Å².